The van der Waals surface area contributed by atoms with E-state index in [1.807, 2.05) is 6.92 Å². The van der Waals surface area contributed by atoms with E-state index in [4.69, 9.17) is 14.2 Å². The minimum atomic E-state index is -0.509. The van der Waals surface area contributed by atoms with E-state index in [2.05, 4.69) is 4.99 Å². The lowest BCUT2D eigenvalue weighted by Crippen LogP contribution is -2.29. The van der Waals surface area contributed by atoms with E-state index in [0.717, 1.165) is 38.5 Å². The average molecular weight is 323 g/mol. The van der Waals surface area contributed by atoms with E-state index in [1.165, 1.54) is 25.7 Å². The maximum Gasteiger partial charge on any atom is 0.338 e. The lowest BCUT2D eigenvalue weighted by molar-refractivity contribution is -0.151. The standard InChI is InChI=1S/C18H29NO4/c1-2-19-17(21-13-9-5-3-6-10-13)15-16(23-15)18(20)22-14-11-7-4-8-12-14/h13-16H,2-12H2,1H3. The first kappa shape index (κ1) is 16.7. The summed E-state index contributed by atoms with van der Waals surface area (Å²) in [7, 11) is 0. The smallest absolute Gasteiger partial charge is 0.338 e. The normalized spacial score (nSPS) is 30.0. The topological polar surface area (TPSA) is 60.4 Å². The molecule has 2 saturated carbocycles. The zero-order chi connectivity index (χ0) is 16.1. The van der Waals surface area contributed by atoms with Crippen molar-refractivity contribution in [3.63, 3.8) is 0 Å². The molecule has 2 atom stereocenters. The number of rotatable bonds is 5. The monoisotopic (exact) mass is 323 g/mol. The van der Waals surface area contributed by atoms with Crippen molar-refractivity contribution in [2.45, 2.75) is 95.5 Å². The molecular formula is C18H29NO4. The van der Waals surface area contributed by atoms with Crippen LogP contribution in [0.5, 0.6) is 0 Å². The molecule has 3 aliphatic rings. The van der Waals surface area contributed by atoms with Gasteiger partial charge >= 0.3 is 5.97 Å². The number of nitrogens with zero attached hydrogens (tertiary/aromatic N) is 1. The van der Waals surface area contributed by atoms with Crippen LogP contribution in [0.3, 0.4) is 0 Å². The van der Waals surface area contributed by atoms with Gasteiger partial charge in [-0.15, -0.1) is 0 Å². The van der Waals surface area contributed by atoms with E-state index >= 15 is 0 Å². The summed E-state index contributed by atoms with van der Waals surface area (Å²) in [6, 6.07) is 0. The Kier molecular flexibility index (Phi) is 5.92. The molecule has 23 heavy (non-hydrogen) atoms. The highest BCUT2D eigenvalue weighted by atomic mass is 16.7. The van der Waals surface area contributed by atoms with Gasteiger partial charge in [-0.25, -0.2) is 4.79 Å². The number of hydrogen-bond donors (Lipinski definition) is 0. The number of hydrogen-bond acceptors (Lipinski definition) is 5. The van der Waals surface area contributed by atoms with Crippen LogP contribution in [0.4, 0.5) is 0 Å². The highest BCUT2D eigenvalue weighted by Gasteiger charge is 2.52. The Hall–Kier alpha value is -1.10. The molecule has 0 spiro atoms. The van der Waals surface area contributed by atoms with Crippen molar-refractivity contribution >= 4 is 11.9 Å². The number of epoxide rings is 1. The fourth-order valence-corrected chi connectivity index (χ4v) is 3.60. The molecule has 3 fully saturated rings. The summed E-state index contributed by atoms with van der Waals surface area (Å²) in [5.74, 6) is 0.364. The predicted octanol–water partition coefficient (Wildman–Crippen LogP) is 3.40. The van der Waals surface area contributed by atoms with Gasteiger partial charge in [-0.05, 0) is 58.3 Å². The van der Waals surface area contributed by atoms with E-state index in [0.29, 0.717) is 12.4 Å². The first-order chi connectivity index (χ1) is 11.3. The Bertz CT molecular complexity index is 425. The molecule has 5 heteroatoms. The molecular weight excluding hydrogens is 294 g/mol. The molecule has 130 valence electrons. The summed E-state index contributed by atoms with van der Waals surface area (Å²) < 4.78 is 17.2. The summed E-state index contributed by atoms with van der Waals surface area (Å²) in [6.07, 6.45) is 10.9. The molecule has 0 radical (unpaired) electrons. The average Bonchev–Trinajstić information content (AvgIpc) is 3.37. The largest absolute Gasteiger partial charge is 0.476 e. The van der Waals surface area contributed by atoms with Gasteiger partial charge in [0.05, 0.1) is 0 Å². The van der Waals surface area contributed by atoms with Crippen molar-refractivity contribution in [1.82, 2.24) is 0 Å². The molecule has 1 saturated heterocycles. The zero-order valence-corrected chi connectivity index (χ0v) is 14.2. The summed E-state index contributed by atoms with van der Waals surface area (Å²) in [6.45, 7) is 2.62. The number of aliphatic imine (C=N–C) groups is 1. The van der Waals surface area contributed by atoms with E-state index < -0.39 is 6.10 Å². The molecule has 0 amide bonds. The second-order valence-electron chi connectivity index (χ2n) is 6.86. The summed E-state index contributed by atoms with van der Waals surface area (Å²) in [4.78, 5) is 16.6. The predicted molar refractivity (Wildman–Crippen MR) is 87.6 cm³/mol. The SMILES string of the molecule is CCN=C(OC1CCCCC1)C1OC1C(=O)OC1CCCCC1. The Morgan fingerprint density at radius 2 is 1.48 bits per heavy atom. The number of ether oxygens (including phenoxy) is 3. The van der Waals surface area contributed by atoms with Crippen LogP contribution in [0.25, 0.3) is 0 Å². The van der Waals surface area contributed by atoms with Crippen molar-refractivity contribution in [2.75, 3.05) is 6.54 Å². The Morgan fingerprint density at radius 3 is 2.04 bits per heavy atom. The minimum Gasteiger partial charge on any atom is -0.476 e. The van der Waals surface area contributed by atoms with Gasteiger partial charge in [-0.2, -0.15) is 0 Å². The van der Waals surface area contributed by atoms with Crippen LogP contribution in [-0.4, -0.2) is 42.8 Å². The molecule has 2 aliphatic carbocycles. The Labute approximate surface area is 138 Å². The molecule has 0 aromatic rings. The van der Waals surface area contributed by atoms with Crippen LogP contribution >= 0.6 is 0 Å². The Morgan fingerprint density at radius 1 is 0.913 bits per heavy atom. The van der Waals surface area contributed by atoms with Gasteiger partial charge in [-0.1, -0.05) is 12.8 Å². The Balaban J connectivity index is 1.49. The second kappa shape index (κ2) is 8.13. The molecule has 0 N–H and O–H groups in total. The fraction of sp³-hybridized carbons (Fsp3) is 0.889. The van der Waals surface area contributed by atoms with Crippen LogP contribution < -0.4 is 0 Å². The van der Waals surface area contributed by atoms with Crippen LogP contribution in [0.1, 0.15) is 71.1 Å². The fourth-order valence-electron chi connectivity index (χ4n) is 3.60. The number of esters is 1. The first-order valence-electron chi connectivity index (χ1n) is 9.35. The van der Waals surface area contributed by atoms with Gasteiger partial charge in [0.2, 0.25) is 5.90 Å². The molecule has 1 aliphatic heterocycles. The maximum absolute atomic E-state index is 12.2. The van der Waals surface area contributed by atoms with Gasteiger partial charge in [-0.3, -0.25) is 4.99 Å². The van der Waals surface area contributed by atoms with Crippen molar-refractivity contribution < 1.29 is 19.0 Å². The molecule has 3 rings (SSSR count). The third kappa shape index (κ3) is 4.69. The quantitative estimate of drug-likeness (QED) is 0.337. The molecule has 0 aromatic carbocycles. The van der Waals surface area contributed by atoms with Gasteiger partial charge in [0.1, 0.15) is 12.2 Å². The zero-order valence-electron chi connectivity index (χ0n) is 14.2. The molecule has 5 nitrogen and oxygen atoms in total. The first-order valence-corrected chi connectivity index (χ1v) is 9.35. The van der Waals surface area contributed by atoms with E-state index in [9.17, 15) is 4.79 Å². The third-order valence-electron chi connectivity index (χ3n) is 4.96. The number of carbonyl (C=O) groups is 1. The third-order valence-corrected chi connectivity index (χ3v) is 4.96. The maximum atomic E-state index is 12.2. The summed E-state index contributed by atoms with van der Waals surface area (Å²) in [5, 5.41) is 0. The van der Waals surface area contributed by atoms with Gasteiger partial charge in [0.25, 0.3) is 0 Å². The molecule has 0 aromatic heterocycles. The van der Waals surface area contributed by atoms with E-state index in [-0.39, 0.29) is 24.3 Å². The highest BCUT2D eigenvalue weighted by Crippen LogP contribution is 2.30. The number of carbonyl (C=O) groups excluding carboxylic acids is 1. The van der Waals surface area contributed by atoms with Crippen molar-refractivity contribution in [1.29, 1.82) is 0 Å². The van der Waals surface area contributed by atoms with Crippen molar-refractivity contribution in [2.24, 2.45) is 4.99 Å². The second-order valence-corrected chi connectivity index (χ2v) is 6.86. The molecule has 0 bridgehead atoms. The van der Waals surface area contributed by atoms with E-state index in [1.54, 1.807) is 0 Å². The summed E-state index contributed by atoms with van der Waals surface area (Å²) >= 11 is 0. The summed E-state index contributed by atoms with van der Waals surface area (Å²) in [5.41, 5.74) is 0. The van der Waals surface area contributed by atoms with Crippen LogP contribution in [-0.2, 0) is 19.0 Å². The van der Waals surface area contributed by atoms with Gasteiger partial charge in [0.15, 0.2) is 12.2 Å². The van der Waals surface area contributed by atoms with Gasteiger partial charge in [0, 0.05) is 6.54 Å². The van der Waals surface area contributed by atoms with Gasteiger partial charge < -0.3 is 14.2 Å². The van der Waals surface area contributed by atoms with Crippen LogP contribution in [0.15, 0.2) is 4.99 Å². The molecule has 2 unspecified atom stereocenters. The van der Waals surface area contributed by atoms with Crippen molar-refractivity contribution in [3.8, 4) is 0 Å². The molecule has 1 heterocycles. The highest BCUT2D eigenvalue weighted by molar-refractivity contribution is 5.93. The lowest BCUT2D eigenvalue weighted by atomic mass is 9.98. The van der Waals surface area contributed by atoms with Crippen LogP contribution in [0.2, 0.25) is 0 Å². The van der Waals surface area contributed by atoms with Crippen molar-refractivity contribution in [3.05, 3.63) is 0 Å². The minimum absolute atomic E-state index is 0.0759. The van der Waals surface area contributed by atoms with Crippen LogP contribution in [0, 0.1) is 0 Å². The lowest BCUT2D eigenvalue weighted by Gasteiger charge is -2.23.